The summed E-state index contributed by atoms with van der Waals surface area (Å²) in [5.41, 5.74) is 5.82. The Labute approximate surface area is 140 Å². The Balaban J connectivity index is 0.00000361. The third kappa shape index (κ3) is 8.97. The first-order chi connectivity index (χ1) is 9.15. The summed E-state index contributed by atoms with van der Waals surface area (Å²) in [5.74, 6) is 0.552. The molecule has 0 atom stereocenters. The van der Waals surface area contributed by atoms with Gasteiger partial charge in [0, 0.05) is 44.9 Å². The number of nitrogens with zero attached hydrogens (tertiary/aromatic N) is 2. The summed E-state index contributed by atoms with van der Waals surface area (Å²) in [5, 5.41) is 3.19. The van der Waals surface area contributed by atoms with Crippen molar-refractivity contribution in [2.75, 3.05) is 32.8 Å². The van der Waals surface area contributed by atoms with Gasteiger partial charge in [0.05, 0.1) is 0 Å². The zero-order valence-electron chi connectivity index (χ0n) is 13.1. The first-order valence-electron chi connectivity index (χ1n) is 7.52. The lowest BCUT2D eigenvalue weighted by Crippen LogP contribution is -2.42. The van der Waals surface area contributed by atoms with Crippen molar-refractivity contribution >= 4 is 29.9 Å². The monoisotopic (exact) mass is 398 g/mol. The number of ether oxygens (including phenoxy) is 1. The van der Waals surface area contributed by atoms with Crippen LogP contribution in [0.4, 0.5) is 0 Å². The van der Waals surface area contributed by atoms with Gasteiger partial charge in [-0.2, -0.15) is 0 Å². The summed E-state index contributed by atoms with van der Waals surface area (Å²) in [6.07, 6.45) is 3.62. The van der Waals surface area contributed by atoms with E-state index in [-0.39, 0.29) is 24.0 Å². The normalized spacial score (nSPS) is 15.6. The summed E-state index contributed by atoms with van der Waals surface area (Å²) >= 11 is 0. The van der Waals surface area contributed by atoms with Crippen molar-refractivity contribution in [3.63, 3.8) is 0 Å². The average Bonchev–Trinajstić information content (AvgIpc) is 3.18. The molecule has 1 aliphatic rings. The van der Waals surface area contributed by atoms with Crippen molar-refractivity contribution in [2.45, 2.75) is 52.1 Å². The Morgan fingerprint density at radius 2 is 2.15 bits per heavy atom. The van der Waals surface area contributed by atoms with Crippen LogP contribution in [0.15, 0.2) is 4.99 Å². The van der Waals surface area contributed by atoms with Crippen molar-refractivity contribution in [2.24, 2.45) is 10.7 Å². The van der Waals surface area contributed by atoms with E-state index in [2.05, 4.69) is 29.1 Å². The Bertz CT molecular complexity index is 268. The fourth-order valence-electron chi connectivity index (χ4n) is 2.15. The molecule has 0 aromatic carbocycles. The van der Waals surface area contributed by atoms with E-state index >= 15 is 0 Å². The fourth-order valence-corrected chi connectivity index (χ4v) is 2.15. The lowest BCUT2D eigenvalue weighted by molar-refractivity contribution is 0.146. The maximum absolute atomic E-state index is 5.82. The van der Waals surface area contributed by atoms with E-state index in [1.165, 1.54) is 12.8 Å². The molecule has 20 heavy (non-hydrogen) atoms. The predicted octanol–water partition coefficient (Wildman–Crippen LogP) is 1.81. The lowest BCUT2D eigenvalue weighted by Gasteiger charge is -2.26. The average molecular weight is 398 g/mol. The van der Waals surface area contributed by atoms with Gasteiger partial charge in [0.2, 0.25) is 0 Å². The minimum absolute atomic E-state index is 0. The maximum Gasteiger partial charge on any atom is 0.188 e. The van der Waals surface area contributed by atoms with Crippen LogP contribution < -0.4 is 11.1 Å². The summed E-state index contributed by atoms with van der Waals surface area (Å²) < 4.78 is 5.25. The van der Waals surface area contributed by atoms with Gasteiger partial charge in [-0.3, -0.25) is 9.89 Å². The zero-order chi connectivity index (χ0) is 14.1. The van der Waals surface area contributed by atoms with Crippen LogP contribution in [0, 0.1) is 0 Å². The van der Waals surface area contributed by atoms with Crippen LogP contribution in [0.2, 0.25) is 0 Å². The van der Waals surface area contributed by atoms with Crippen LogP contribution in [0.1, 0.15) is 40.0 Å². The van der Waals surface area contributed by atoms with Crippen LogP contribution >= 0.6 is 24.0 Å². The van der Waals surface area contributed by atoms with E-state index in [9.17, 15) is 0 Å². The highest BCUT2D eigenvalue weighted by molar-refractivity contribution is 14.0. The molecule has 0 saturated heterocycles. The molecule has 1 aliphatic carbocycles. The highest BCUT2D eigenvalue weighted by Gasteiger charge is 2.29. The van der Waals surface area contributed by atoms with Crippen LogP contribution in [0.25, 0.3) is 0 Å². The Morgan fingerprint density at radius 1 is 1.45 bits per heavy atom. The number of hydrogen-bond acceptors (Lipinski definition) is 3. The molecule has 0 heterocycles. The minimum atomic E-state index is 0. The fraction of sp³-hybridized carbons (Fsp3) is 0.929. The molecular weight excluding hydrogens is 367 g/mol. The van der Waals surface area contributed by atoms with Crippen molar-refractivity contribution in [3.05, 3.63) is 0 Å². The van der Waals surface area contributed by atoms with Gasteiger partial charge < -0.3 is 15.8 Å². The van der Waals surface area contributed by atoms with E-state index in [1.807, 2.05) is 6.92 Å². The lowest BCUT2D eigenvalue weighted by atomic mass is 10.3. The topological polar surface area (TPSA) is 62.9 Å². The first-order valence-corrected chi connectivity index (χ1v) is 7.52. The van der Waals surface area contributed by atoms with Crippen molar-refractivity contribution in [3.8, 4) is 0 Å². The Kier molecular flexibility index (Phi) is 11.5. The van der Waals surface area contributed by atoms with Crippen LogP contribution in [-0.2, 0) is 4.74 Å². The van der Waals surface area contributed by atoms with E-state index < -0.39 is 0 Å². The molecule has 0 radical (unpaired) electrons. The molecule has 0 aliphatic heterocycles. The van der Waals surface area contributed by atoms with Gasteiger partial charge in [0.15, 0.2) is 5.96 Å². The van der Waals surface area contributed by atoms with Gasteiger partial charge in [-0.05, 0) is 40.0 Å². The Hall–Kier alpha value is -0.0800. The number of halogens is 1. The number of rotatable bonds is 10. The van der Waals surface area contributed by atoms with Crippen molar-refractivity contribution in [1.29, 1.82) is 0 Å². The molecule has 0 unspecified atom stereocenters. The van der Waals surface area contributed by atoms with Gasteiger partial charge in [-0.15, -0.1) is 24.0 Å². The molecule has 6 heteroatoms. The molecule has 0 spiro atoms. The highest BCUT2D eigenvalue weighted by Crippen LogP contribution is 2.27. The first kappa shape index (κ1) is 19.9. The number of hydrogen-bond donors (Lipinski definition) is 2. The molecule has 0 aromatic rings. The second-order valence-electron chi connectivity index (χ2n) is 5.31. The molecule has 5 nitrogen and oxygen atoms in total. The van der Waals surface area contributed by atoms with Gasteiger partial charge in [-0.1, -0.05) is 0 Å². The van der Waals surface area contributed by atoms with E-state index in [0.717, 1.165) is 45.3 Å². The molecule has 0 bridgehead atoms. The molecule has 0 aromatic heterocycles. The van der Waals surface area contributed by atoms with Crippen molar-refractivity contribution < 1.29 is 4.74 Å². The number of aliphatic imine (C=N–C) groups is 1. The maximum atomic E-state index is 5.82. The minimum Gasteiger partial charge on any atom is -0.382 e. The molecule has 120 valence electrons. The number of nitrogens with two attached hydrogens (primary N) is 1. The third-order valence-corrected chi connectivity index (χ3v) is 3.29. The summed E-state index contributed by atoms with van der Waals surface area (Å²) in [6.45, 7) is 10.7. The van der Waals surface area contributed by atoms with Gasteiger partial charge >= 0.3 is 0 Å². The Morgan fingerprint density at radius 3 is 2.70 bits per heavy atom. The standard InChI is InChI=1S/C14H30N4O.HI/c1-4-19-11-5-8-16-14(15)17-9-10-18(12(2)3)13-6-7-13;/h12-13H,4-11H2,1-3H3,(H3,15,16,17);1H. The van der Waals surface area contributed by atoms with Gasteiger partial charge in [0.25, 0.3) is 0 Å². The smallest absolute Gasteiger partial charge is 0.188 e. The molecule has 3 N–H and O–H groups in total. The van der Waals surface area contributed by atoms with Crippen LogP contribution in [-0.4, -0.2) is 55.8 Å². The zero-order valence-corrected chi connectivity index (χ0v) is 15.4. The largest absolute Gasteiger partial charge is 0.382 e. The molecule has 1 rings (SSSR count). The van der Waals surface area contributed by atoms with Gasteiger partial charge in [0.1, 0.15) is 0 Å². The van der Waals surface area contributed by atoms with E-state index in [4.69, 9.17) is 10.5 Å². The van der Waals surface area contributed by atoms with Crippen LogP contribution in [0.5, 0.6) is 0 Å². The molecular formula is C14H31IN4O. The molecule has 0 amide bonds. The molecule has 1 saturated carbocycles. The summed E-state index contributed by atoms with van der Waals surface area (Å²) in [4.78, 5) is 6.82. The van der Waals surface area contributed by atoms with Crippen molar-refractivity contribution in [1.82, 2.24) is 10.2 Å². The van der Waals surface area contributed by atoms with Gasteiger partial charge in [-0.25, -0.2) is 0 Å². The highest BCUT2D eigenvalue weighted by atomic mass is 127. The third-order valence-electron chi connectivity index (χ3n) is 3.29. The van der Waals surface area contributed by atoms with E-state index in [1.54, 1.807) is 0 Å². The second kappa shape index (κ2) is 11.6. The quantitative estimate of drug-likeness (QED) is 0.255. The number of guanidine groups is 1. The number of nitrogens with one attached hydrogen (secondary N) is 1. The predicted molar refractivity (Wildman–Crippen MR) is 95.9 cm³/mol. The van der Waals surface area contributed by atoms with Crippen LogP contribution in [0.3, 0.4) is 0 Å². The summed E-state index contributed by atoms with van der Waals surface area (Å²) in [7, 11) is 0. The SMILES string of the molecule is CCOCCCN=C(N)NCCN(C(C)C)C1CC1.I. The van der Waals surface area contributed by atoms with E-state index in [0.29, 0.717) is 12.0 Å². The molecule has 1 fully saturated rings. The second-order valence-corrected chi connectivity index (χ2v) is 5.31. The summed E-state index contributed by atoms with van der Waals surface area (Å²) in [6, 6.07) is 1.41.